The quantitative estimate of drug-likeness (QED) is 0.448. The number of anilines is 1. The molecule has 1 aliphatic heterocycles. The number of aromatic nitrogens is 3. The monoisotopic (exact) mass is 322 g/mol. The van der Waals surface area contributed by atoms with Gasteiger partial charge < -0.3 is 30.9 Å². The van der Waals surface area contributed by atoms with Crippen molar-refractivity contribution in [3.05, 3.63) is 18.1 Å². The Balaban J connectivity index is 2.10. The second-order valence-electron chi connectivity index (χ2n) is 6.15. The minimum Gasteiger partial charge on any atom is -0.395 e. The standard InChI is InChI=1S/C14H22N6O3/c1-19(2)6-20-3-7(9-11(20)14(15)17-5-16-9)10-13(23)12(22)8(4-21)18-10/h3,5,8,10,12-13,18,21-23H,4,6H2,1-2H3,(H2,15,16,17). The molecule has 0 aliphatic carbocycles. The second kappa shape index (κ2) is 6.02. The first-order chi connectivity index (χ1) is 10.9. The highest BCUT2D eigenvalue weighted by atomic mass is 16.3. The molecule has 9 nitrogen and oxygen atoms in total. The van der Waals surface area contributed by atoms with Gasteiger partial charge in [-0.15, -0.1) is 0 Å². The molecule has 4 unspecified atom stereocenters. The Morgan fingerprint density at radius 2 is 2.04 bits per heavy atom. The third kappa shape index (κ3) is 2.66. The molecule has 3 rings (SSSR count). The van der Waals surface area contributed by atoms with Gasteiger partial charge in [0.1, 0.15) is 17.9 Å². The van der Waals surface area contributed by atoms with Crippen LogP contribution >= 0.6 is 0 Å². The van der Waals surface area contributed by atoms with Crippen LogP contribution in [0.5, 0.6) is 0 Å². The fourth-order valence-electron chi connectivity index (χ4n) is 3.12. The summed E-state index contributed by atoms with van der Waals surface area (Å²) in [6, 6.07) is -1.12. The zero-order chi connectivity index (χ0) is 16.7. The fraction of sp³-hybridized carbons (Fsp3) is 0.571. The number of nitrogens with zero attached hydrogens (tertiary/aromatic N) is 4. The average molecular weight is 322 g/mol. The van der Waals surface area contributed by atoms with E-state index in [2.05, 4.69) is 15.3 Å². The molecule has 4 atom stereocenters. The molecule has 0 spiro atoms. The first-order valence-electron chi connectivity index (χ1n) is 7.41. The van der Waals surface area contributed by atoms with E-state index in [1.807, 2.05) is 29.8 Å². The van der Waals surface area contributed by atoms with E-state index in [0.717, 1.165) is 5.56 Å². The van der Waals surface area contributed by atoms with Gasteiger partial charge in [-0.05, 0) is 14.1 Å². The Bertz CT molecular complexity index is 703. The number of nitrogen functional groups attached to an aromatic ring is 1. The molecule has 1 fully saturated rings. The van der Waals surface area contributed by atoms with Crippen molar-refractivity contribution in [1.82, 2.24) is 24.8 Å². The number of rotatable bonds is 4. The lowest BCUT2D eigenvalue weighted by molar-refractivity contribution is 0.0195. The molecule has 0 bridgehead atoms. The summed E-state index contributed by atoms with van der Waals surface area (Å²) in [6.45, 7) is 0.311. The lowest BCUT2D eigenvalue weighted by atomic mass is 10.0. The van der Waals surface area contributed by atoms with Crippen molar-refractivity contribution in [2.75, 3.05) is 26.4 Å². The van der Waals surface area contributed by atoms with E-state index in [1.165, 1.54) is 6.33 Å². The molecule has 0 aromatic carbocycles. The number of nitrogens with one attached hydrogen (secondary N) is 1. The van der Waals surface area contributed by atoms with Gasteiger partial charge in [0.05, 0.1) is 37.0 Å². The van der Waals surface area contributed by atoms with Gasteiger partial charge in [-0.1, -0.05) is 0 Å². The first-order valence-corrected chi connectivity index (χ1v) is 7.41. The summed E-state index contributed by atoms with van der Waals surface area (Å²) >= 11 is 0. The molecule has 2 aromatic heterocycles. The molecule has 0 saturated carbocycles. The van der Waals surface area contributed by atoms with Crippen LogP contribution in [0.4, 0.5) is 5.82 Å². The van der Waals surface area contributed by atoms with Crippen LogP contribution in [0.2, 0.25) is 0 Å². The normalized spacial score (nSPS) is 28.1. The maximum atomic E-state index is 10.3. The summed E-state index contributed by atoms with van der Waals surface area (Å²) in [5.41, 5.74) is 8.03. The van der Waals surface area contributed by atoms with Gasteiger partial charge in [0.25, 0.3) is 0 Å². The molecule has 1 saturated heterocycles. The molecule has 6 N–H and O–H groups in total. The zero-order valence-corrected chi connectivity index (χ0v) is 13.1. The summed E-state index contributed by atoms with van der Waals surface area (Å²) in [5.74, 6) is 0.356. The van der Waals surface area contributed by atoms with E-state index in [0.29, 0.717) is 23.5 Å². The molecule has 9 heteroatoms. The Labute approximate surface area is 133 Å². The van der Waals surface area contributed by atoms with E-state index in [-0.39, 0.29) is 6.61 Å². The molecule has 23 heavy (non-hydrogen) atoms. The summed E-state index contributed by atoms with van der Waals surface area (Å²) < 4.78 is 1.91. The number of aliphatic hydroxyl groups is 3. The molecular weight excluding hydrogens is 300 g/mol. The molecule has 2 aromatic rings. The predicted octanol–water partition coefficient (Wildman–Crippen LogP) is -1.74. The van der Waals surface area contributed by atoms with Crippen LogP contribution in [-0.4, -0.2) is 73.7 Å². The number of aliphatic hydroxyl groups excluding tert-OH is 3. The SMILES string of the molecule is CN(C)Cn1cc(C2NC(CO)C(O)C2O)c2ncnc(N)c21. The van der Waals surface area contributed by atoms with Crippen LogP contribution in [0.15, 0.2) is 12.5 Å². The number of hydrogen-bond acceptors (Lipinski definition) is 8. The minimum absolute atomic E-state index is 0.262. The first kappa shape index (κ1) is 16.1. The lowest BCUT2D eigenvalue weighted by Gasteiger charge is -2.15. The van der Waals surface area contributed by atoms with E-state index in [4.69, 9.17) is 5.73 Å². The van der Waals surface area contributed by atoms with Crippen molar-refractivity contribution in [3.8, 4) is 0 Å². The Hall–Kier alpha value is -1.78. The van der Waals surface area contributed by atoms with Gasteiger partial charge >= 0.3 is 0 Å². The van der Waals surface area contributed by atoms with Gasteiger partial charge in [-0.25, -0.2) is 9.97 Å². The third-order valence-electron chi connectivity index (χ3n) is 4.17. The van der Waals surface area contributed by atoms with E-state index in [1.54, 1.807) is 0 Å². The van der Waals surface area contributed by atoms with Crippen LogP contribution in [0.25, 0.3) is 11.0 Å². The predicted molar refractivity (Wildman–Crippen MR) is 84.4 cm³/mol. The lowest BCUT2D eigenvalue weighted by Crippen LogP contribution is -2.35. The van der Waals surface area contributed by atoms with Gasteiger partial charge in [0.2, 0.25) is 0 Å². The maximum Gasteiger partial charge on any atom is 0.151 e. The van der Waals surface area contributed by atoms with Gasteiger partial charge in [-0.3, -0.25) is 4.90 Å². The highest BCUT2D eigenvalue weighted by molar-refractivity contribution is 5.88. The van der Waals surface area contributed by atoms with Crippen molar-refractivity contribution in [2.45, 2.75) is 31.0 Å². The van der Waals surface area contributed by atoms with Crippen LogP contribution in [0, 0.1) is 0 Å². The zero-order valence-electron chi connectivity index (χ0n) is 13.1. The van der Waals surface area contributed by atoms with E-state index >= 15 is 0 Å². The Morgan fingerprint density at radius 1 is 1.30 bits per heavy atom. The Kier molecular flexibility index (Phi) is 4.21. The van der Waals surface area contributed by atoms with Crippen LogP contribution < -0.4 is 11.1 Å². The van der Waals surface area contributed by atoms with Crippen LogP contribution in [-0.2, 0) is 6.67 Å². The Morgan fingerprint density at radius 3 is 2.65 bits per heavy atom. The van der Waals surface area contributed by atoms with E-state index in [9.17, 15) is 15.3 Å². The van der Waals surface area contributed by atoms with Gasteiger partial charge in [0.15, 0.2) is 5.82 Å². The van der Waals surface area contributed by atoms with Gasteiger partial charge in [0, 0.05) is 11.8 Å². The van der Waals surface area contributed by atoms with Crippen molar-refractivity contribution >= 4 is 16.9 Å². The number of fused-ring (bicyclic) bond motifs is 1. The minimum atomic E-state index is -1.04. The van der Waals surface area contributed by atoms with Crippen LogP contribution in [0.3, 0.4) is 0 Å². The van der Waals surface area contributed by atoms with Crippen molar-refractivity contribution in [2.24, 2.45) is 0 Å². The molecule has 0 radical (unpaired) electrons. The van der Waals surface area contributed by atoms with Crippen molar-refractivity contribution in [3.63, 3.8) is 0 Å². The number of hydrogen-bond donors (Lipinski definition) is 5. The maximum absolute atomic E-state index is 10.3. The smallest absolute Gasteiger partial charge is 0.151 e. The van der Waals surface area contributed by atoms with Gasteiger partial charge in [-0.2, -0.15) is 0 Å². The summed E-state index contributed by atoms with van der Waals surface area (Å²) in [5, 5.41) is 32.7. The molecule has 126 valence electrons. The fourth-order valence-corrected chi connectivity index (χ4v) is 3.12. The highest BCUT2D eigenvalue weighted by Gasteiger charge is 2.42. The van der Waals surface area contributed by atoms with Crippen molar-refractivity contribution < 1.29 is 15.3 Å². The van der Waals surface area contributed by atoms with Crippen LogP contribution in [0.1, 0.15) is 11.6 Å². The largest absolute Gasteiger partial charge is 0.395 e. The average Bonchev–Trinajstić information content (AvgIpc) is 2.99. The highest BCUT2D eigenvalue weighted by Crippen LogP contribution is 2.34. The molecule has 1 aliphatic rings. The second-order valence-corrected chi connectivity index (χ2v) is 6.15. The topological polar surface area (TPSA) is 133 Å². The summed E-state index contributed by atoms with van der Waals surface area (Å²) in [4.78, 5) is 10.3. The summed E-state index contributed by atoms with van der Waals surface area (Å²) in [7, 11) is 3.86. The van der Waals surface area contributed by atoms with E-state index < -0.39 is 24.3 Å². The third-order valence-corrected chi connectivity index (χ3v) is 4.17. The number of nitrogens with two attached hydrogens (primary N) is 1. The molecule has 0 amide bonds. The summed E-state index contributed by atoms with van der Waals surface area (Å²) in [6.07, 6.45) is 1.14. The van der Waals surface area contributed by atoms with Crippen molar-refractivity contribution in [1.29, 1.82) is 0 Å². The molecular formula is C14H22N6O3. The molecule has 3 heterocycles.